The van der Waals surface area contributed by atoms with E-state index in [1.165, 1.54) is 0 Å². The molecule has 112 heavy (non-hydrogen) atoms. The van der Waals surface area contributed by atoms with Crippen molar-refractivity contribution >= 4 is 107 Å². The SMILES string of the molecule is CC(C)(C)OC(=O)CCC(NC(=O)CNC(=O)CCC(NC(=O)CCC(N)C(=O)NC(CCC(=O)NCC(=O)NC(CCC(=O)OC(C)(C)C)C(=O)OC(C)(C)C)C(=O)NCC(=O)NC(CCC(=O)OC(C)(C)C)C(=O)OC(C)(C)C)C(=O)NCC(=O)NC(CCC(=O)OC(C)(C)C)C(=O)OC(C)(C)C)C(=O)OC(C)(C)C. The molecular formula is C75H127N11O26. The van der Waals surface area contributed by atoms with Crippen LogP contribution in [0.3, 0.4) is 0 Å². The zero-order valence-electron chi connectivity index (χ0n) is 70.0. The first-order valence-corrected chi connectivity index (χ1v) is 37.2. The van der Waals surface area contributed by atoms with Crippen LogP contribution in [-0.2, 0) is 124 Å². The topological polar surface area (TPSA) is 527 Å². The van der Waals surface area contributed by atoms with Crippen LogP contribution in [0.15, 0.2) is 0 Å². The van der Waals surface area contributed by atoms with Gasteiger partial charge in [-0.05, 0) is 211 Å². The number of hydrogen-bond acceptors (Lipinski definition) is 27. The Labute approximate surface area is 656 Å². The zero-order valence-corrected chi connectivity index (χ0v) is 70.0. The molecule has 0 bridgehead atoms. The monoisotopic (exact) mass is 1600 g/mol. The summed E-state index contributed by atoms with van der Waals surface area (Å²) in [6.07, 6.45) is -5.99. The Hall–Kier alpha value is -9.58. The Morgan fingerprint density at radius 2 is 0.420 bits per heavy atom. The lowest BCUT2D eigenvalue weighted by Crippen LogP contribution is -2.54. The number of hydrogen-bond donors (Lipinski definition) is 11. The van der Waals surface area contributed by atoms with Gasteiger partial charge in [0.1, 0.15) is 81.1 Å². The first-order chi connectivity index (χ1) is 50.8. The van der Waals surface area contributed by atoms with Crippen LogP contribution in [0.4, 0.5) is 0 Å². The summed E-state index contributed by atoms with van der Waals surface area (Å²) in [5, 5.41) is 23.8. The van der Waals surface area contributed by atoms with Gasteiger partial charge in [0.2, 0.25) is 59.1 Å². The molecule has 0 aliphatic carbocycles. The molecule has 0 saturated carbocycles. The van der Waals surface area contributed by atoms with Crippen molar-refractivity contribution in [3.05, 3.63) is 0 Å². The molecule has 10 amide bonds. The summed E-state index contributed by atoms with van der Waals surface area (Å²) in [7, 11) is 0. The van der Waals surface area contributed by atoms with Crippen LogP contribution in [0.1, 0.15) is 256 Å². The van der Waals surface area contributed by atoms with Crippen molar-refractivity contribution in [2.45, 2.75) is 343 Å². The molecule has 0 aromatic rings. The fourth-order valence-corrected chi connectivity index (χ4v) is 9.25. The Bertz CT molecular complexity index is 3280. The number of amides is 10. The molecule has 37 heteroatoms. The van der Waals surface area contributed by atoms with Crippen LogP contribution in [0, 0.1) is 0 Å². The summed E-state index contributed by atoms with van der Waals surface area (Å²) in [4.78, 5) is 240. The quantitative estimate of drug-likeness (QED) is 0.0307. The minimum atomic E-state index is -1.74. The average Bonchev–Trinajstić information content (AvgIpc) is 0.894. The first-order valence-electron chi connectivity index (χ1n) is 37.2. The van der Waals surface area contributed by atoms with Gasteiger partial charge in [0, 0.05) is 44.9 Å². The summed E-state index contributed by atoms with van der Waals surface area (Å²) in [5.41, 5.74) is -1.33. The van der Waals surface area contributed by atoms with Crippen molar-refractivity contribution in [1.82, 2.24) is 53.2 Å². The molecule has 0 heterocycles. The van der Waals surface area contributed by atoms with E-state index in [-0.39, 0.29) is 51.4 Å². The van der Waals surface area contributed by atoms with Crippen molar-refractivity contribution < 1.29 is 124 Å². The molecule has 0 aliphatic rings. The van der Waals surface area contributed by atoms with E-state index in [2.05, 4.69) is 53.2 Å². The number of ether oxygens (including phenoxy) is 8. The Balaban J connectivity index is 7.12. The molecule has 37 nitrogen and oxygen atoms in total. The molecule has 0 aromatic carbocycles. The van der Waals surface area contributed by atoms with Gasteiger partial charge in [0.15, 0.2) is 0 Å². The van der Waals surface area contributed by atoms with Gasteiger partial charge >= 0.3 is 47.8 Å². The van der Waals surface area contributed by atoms with E-state index in [0.717, 1.165) is 0 Å². The van der Waals surface area contributed by atoms with Gasteiger partial charge in [0.05, 0.1) is 32.2 Å². The van der Waals surface area contributed by atoms with Gasteiger partial charge in [-0.2, -0.15) is 0 Å². The van der Waals surface area contributed by atoms with Crippen molar-refractivity contribution in [1.29, 1.82) is 0 Å². The minimum absolute atomic E-state index is 0.249. The summed E-state index contributed by atoms with van der Waals surface area (Å²) in [5.74, 6) is -16.3. The molecule has 0 rings (SSSR count). The van der Waals surface area contributed by atoms with Crippen LogP contribution < -0.4 is 58.9 Å². The van der Waals surface area contributed by atoms with E-state index in [1.807, 2.05) is 0 Å². The summed E-state index contributed by atoms with van der Waals surface area (Å²) in [6, 6.07) is -10.7. The predicted molar refractivity (Wildman–Crippen MR) is 403 cm³/mol. The van der Waals surface area contributed by atoms with Crippen molar-refractivity contribution in [3.8, 4) is 0 Å². The number of nitrogens with one attached hydrogen (secondary N) is 10. The Kier molecular flexibility index (Phi) is 41.9. The van der Waals surface area contributed by atoms with Crippen LogP contribution in [-0.4, -0.2) is 220 Å². The molecule has 0 aliphatic heterocycles. The molecule has 0 saturated heterocycles. The second kappa shape index (κ2) is 45.8. The zero-order chi connectivity index (χ0) is 86.9. The molecule has 0 radical (unpaired) electrons. The molecule has 7 unspecified atom stereocenters. The van der Waals surface area contributed by atoms with Crippen molar-refractivity contribution in [3.63, 3.8) is 0 Å². The van der Waals surface area contributed by atoms with Crippen LogP contribution in [0.2, 0.25) is 0 Å². The van der Waals surface area contributed by atoms with E-state index in [9.17, 15) is 86.3 Å². The lowest BCUT2D eigenvalue weighted by Gasteiger charge is -2.25. The molecule has 12 N–H and O–H groups in total. The average molecular weight is 1600 g/mol. The molecule has 7 atom stereocenters. The van der Waals surface area contributed by atoms with E-state index >= 15 is 0 Å². The normalized spacial score (nSPS) is 13.9. The Morgan fingerprint density at radius 3 is 0.652 bits per heavy atom. The number of nitrogens with two attached hydrogens (primary N) is 1. The van der Waals surface area contributed by atoms with Gasteiger partial charge in [-0.25, -0.2) is 19.2 Å². The first kappa shape index (κ1) is 102. The lowest BCUT2D eigenvalue weighted by atomic mass is 10.1. The molecule has 638 valence electrons. The van der Waals surface area contributed by atoms with E-state index in [1.54, 1.807) is 166 Å². The third-order valence-electron chi connectivity index (χ3n) is 13.7. The fraction of sp³-hybridized carbons (Fsp3) is 0.760. The summed E-state index contributed by atoms with van der Waals surface area (Å²) < 4.78 is 43.1. The fourth-order valence-electron chi connectivity index (χ4n) is 9.25. The number of rotatable bonds is 42. The third kappa shape index (κ3) is 52.6. The van der Waals surface area contributed by atoms with Crippen molar-refractivity contribution in [2.24, 2.45) is 5.73 Å². The summed E-state index contributed by atoms with van der Waals surface area (Å²) in [6.45, 7) is 35.2. The van der Waals surface area contributed by atoms with Gasteiger partial charge in [0.25, 0.3) is 0 Å². The highest BCUT2D eigenvalue weighted by atomic mass is 16.6. The standard InChI is InChI=1S/C75H127N11O26/c1-68(2,3)105-57(94)35-28-46(64(101)109-72(13,14)15)82-53(90)39-77-50(87)33-26-44(62(99)79-41-55(92)84-48(66(103)111-74(19,20)21)30-37-59(96)107-70(7,8)9)81-52(89)32-25-43(76)61(98)86-45(63(100)80-42-56(93)85-49(67(104)112-75(22,23)24)31-38-60(97)108-71(10,11)12)27-34-51(88)78-40-54(91)83-47(65(102)110-73(16,17)18)29-36-58(95)106-69(4,5)6/h43-49H,25-42,76H2,1-24H3,(H,77,87)(H,78,88)(H,79,99)(H,80,100)(H,81,89)(H,82,90)(H,83,91)(H,84,92)(H,85,93)(H,86,98). The van der Waals surface area contributed by atoms with Crippen LogP contribution >= 0.6 is 0 Å². The maximum atomic E-state index is 14.0. The highest BCUT2D eigenvalue weighted by Gasteiger charge is 2.36. The molecule has 0 spiro atoms. The second-order valence-corrected chi connectivity index (χ2v) is 34.5. The van der Waals surface area contributed by atoms with Crippen LogP contribution in [0.5, 0.6) is 0 Å². The summed E-state index contributed by atoms with van der Waals surface area (Å²) >= 11 is 0. The largest absolute Gasteiger partial charge is 0.460 e. The van der Waals surface area contributed by atoms with Gasteiger partial charge in [-0.3, -0.25) is 67.1 Å². The van der Waals surface area contributed by atoms with Crippen molar-refractivity contribution in [2.75, 3.05) is 26.2 Å². The van der Waals surface area contributed by atoms with E-state index < -0.39 is 259 Å². The highest BCUT2D eigenvalue weighted by molar-refractivity contribution is 5.96. The van der Waals surface area contributed by atoms with E-state index in [0.29, 0.717) is 0 Å². The second-order valence-electron chi connectivity index (χ2n) is 34.5. The molecule has 0 aromatic heterocycles. The highest BCUT2D eigenvalue weighted by Crippen LogP contribution is 2.20. The molecule has 0 fully saturated rings. The maximum Gasteiger partial charge on any atom is 0.329 e. The third-order valence-corrected chi connectivity index (χ3v) is 13.7. The molecular weight excluding hydrogens is 1470 g/mol. The minimum Gasteiger partial charge on any atom is -0.460 e. The van der Waals surface area contributed by atoms with Crippen LogP contribution in [0.25, 0.3) is 0 Å². The Morgan fingerprint density at radius 1 is 0.223 bits per heavy atom. The predicted octanol–water partition coefficient (Wildman–Crippen LogP) is 1.88. The smallest absolute Gasteiger partial charge is 0.329 e. The number of esters is 8. The van der Waals surface area contributed by atoms with Gasteiger partial charge < -0.3 is 96.8 Å². The van der Waals surface area contributed by atoms with E-state index in [4.69, 9.17) is 43.6 Å². The number of carbonyl (C=O) groups is 18. The maximum absolute atomic E-state index is 14.0. The van der Waals surface area contributed by atoms with Gasteiger partial charge in [-0.15, -0.1) is 0 Å². The lowest BCUT2D eigenvalue weighted by molar-refractivity contribution is -0.161. The van der Waals surface area contributed by atoms with Gasteiger partial charge in [-0.1, -0.05) is 0 Å². The number of carbonyl (C=O) groups excluding carboxylic acids is 18.